The van der Waals surface area contributed by atoms with Crippen LogP contribution in [0.4, 0.5) is 4.39 Å². The van der Waals surface area contributed by atoms with Crippen LogP contribution in [-0.4, -0.2) is 22.8 Å². The fourth-order valence-electron chi connectivity index (χ4n) is 1.28. The highest BCUT2D eigenvalue weighted by Crippen LogP contribution is 2.09. The Morgan fingerprint density at radius 2 is 2.20 bits per heavy atom. The van der Waals surface area contributed by atoms with Crippen LogP contribution in [0, 0.1) is 12.7 Å². The summed E-state index contributed by atoms with van der Waals surface area (Å²) in [7, 11) is -0.789. The molecule has 0 aromatic heterocycles. The van der Waals surface area contributed by atoms with Gasteiger partial charge in [-0.2, -0.15) is 0 Å². The summed E-state index contributed by atoms with van der Waals surface area (Å²) in [6.45, 7) is 3.07. The van der Waals surface area contributed by atoms with E-state index in [1.54, 1.807) is 12.3 Å². The van der Waals surface area contributed by atoms with Crippen LogP contribution >= 0.6 is 0 Å². The summed E-state index contributed by atoms with van der Waals surface area (Å²) in [5.74, 6) is 0.415. The normalized spacial score (nSPS) is 12.7. The number of halogens is 1. The number of rotatable bonds is 5. The monoisotopic (exact) mass is 229 g/mol. The summed E-state index contributed by atoms with van der Waals surface area (Å²) >= 11 is 0. The molecule has 0 aliphatic heterocycles. The van der Waals surface area contributed by atoms with Crippen molar-refractivity contribution >= 4 is 10.8 Å². The first-order chi connectivity index (χ1) is 7.09. The zero-order valence-corrected chi connectivity index (χ0v) is 9.86. The van der Waals surface area contributed by atoms with Gasteiger partial charge < -0.3 is 5.32 Å². The van der Waals surface area contributed by atoms with E-state index < -0.39 is 10.8 Å². The second-order valence-electron chi connectivity index (χ2n) is 3.55. The van der Waals surface area contributed by atoms with Gasteiger partial charge >= 0.3 is 0 Å². The largest absolute Gasteiger partial charge is 0.312 e. The lowest BCUT2D eigenvalue weighted by Crippen LogP contribution is -2.20. The van der Waals surface area contributed by atoms with E-state index in [1.807, 2.05) is 13.0 Å². The van der Waals surface area contributed by atoms with E-state index in [4.69, 9.17) is 0 Å². The Bertz CT molecular complexity index is 354. The van der Waals surface area contributed by atoms with Crippen LogP contribution < -0.4 is 5.32 Å². The highest BCUT2D eigenvalue weighted by Gasteiger charge is 2.01. The molecule has 84 valence electrons. The first-order valence-electron chi connectivity index (χ1n) is 4.85. The molecule has 0 amide bonds. The molecule has 0 aliphatic rings. The van der Waals surface area contributed by atoms with E-state index in [0.29, 0.717) is 24.4 Å². The van der Waals surface area contributed by atoms with Gasteiger partial charge in [0, 0.05) is 41.5 Å². The van der Waals surface area contributed by atoms with Crippen molar-refractivity contribution in [2.75, 3.05) is 18.6 Å². The van der Waals surface area contributed by atoms with Crippen molar-refractivity contribution in [2.24, 2.45) is 0 Å². The second kappa shape index (κ2) is 5.98. The summed E-state index contributed by atoms with van der Waals surface area (Å²) in [6.07, 6.45) is 1.66. The van der Waals surface area contributed by atoms with Crippen molar-refractivity contribution < 1.29 is 8.60 Å². The Hall–Kier alpha value is -0.740. The van der Waals surface area contributed by atoms with Gasteiger partial charge in [0.1, 0.15) is 5.82 Å². The van der Waals surface area contributed by atoms with E-state index in [1.165, 1.54) is 6.07 Å². The van der Waals surface area contributed by atoms with E-state index in [0.717, 1.165) is 5.56 Å². The highest BCUT2D eigenvalue weighted by molar-refractivity contribution is 7.84. The molecule has 0 saturated carbocycles. The molecule has 1 aromatic carbocycles. The molecule has 4 heteroatoms. The Morgan fingerprint density at radius 3 is 2.87 bits per heavy atom. The number of aryl methyl sites for hydroxylation is 1. The minimum atomic E-state index is -0.789. The molecule has 0 heterocycles. The Balaban J connectivity index is 2.43. The third-order valence-electron chi connectivity index (χ3n) is 2.08. The van der Waals surface area contributed by atoms with Gasteiger partial charge in [-0.25, -0.2) is 4.39 Å². The van der Waals surface area contributed by atoms with Crippen LogP contribution in [0.5, 0.6) is 0 Å². The highest BCUT2D eigenvalue weighted by atomic mass is 32.2. The van der Waals surface area contributed by atoms with Crippen LogP contribution in [-0.2, 0) is 17.3 Å². The van der Waals surface area contributed by atoms with Gasteiger partial charge in [-0.3, -0.25) is 4.21 Å². The second-order valence-corrected chi connectivity index (χ2v) is 5.10. The molecule has 0 aliphatic carbocycles. The molecule has 0 spiro atoms. The van der Waals surface area contributed by atoms with Gasteiger partial charge in [0.15, 0.2) is 0 Å². The summed E-state index contributed by atoms with van der Waals surface area (Å²) in [6, 6.07) is 5.05. The average molecular weight is 229 g/mol. The minimum Gasteiger partial charge on any atom is -0.312 e. The van der Waals surface area contributed by atoms with Crippen LogP contribution in [0.15, 0.2) is 18.2 Å². The summed E-state index contributed by atoms with van der Waals surface area (Å²) in [4.78, 5) is 0. The Morgan fingerprint density at radius 1 is 1.47 bits per heavy atom. The standard InChI is InChI=1S/C11H16FNOS/c1-9-3-4-11(12)10(7-9)8-13-5-6-15(2)14/h3-4,7,13H,5-6,8H2,1-2H3. The molecule has 2 nitrogen and oxygen atoms in total. The molecule has 1 aromatic rings. The maximum atomic E-state index is 13.3. The summed E-state index contributed by atoms with van der Waals surface area (Å²) in [5, 5.41) is 3.07. The van der Waals surface area contributed by atoms with Gasteiger partial charge in [0.2, 0.25) is 0 Å². The number of hydrogen-bond donors (Lipinski definition) is 1. The molecule has 1 rings (SSSR count). The molecule has 0 fully saturated rings. The molecule has 1 N–H and O–H groups in total. The molecule has 15 heavy (non-hydrogen) atoms. The average Bonchev–Trinajstić information content (AvgIpc) is 2.17. The molecule has 1 unspecified atom stereocenters. The zero-order valence-electron chi connectivity index (χ0n) is 9.05. The molecule has 1 atom stereocenters. The SMILES string of the molecule is Cc1ccc(F)c(CNCCS(C)=O)c1. The fraction of sp³-hybridized carbons (Fsp3) is 0.455. The van der Waals surface area contributed by atoms with Crippen LogP contribution in [0.2, 0.25) is 0 Å². The van der Waals surface area contributed by atoms with Gasteiger partial charge in [0.05, 0.1) is 0 Å². The van der Waals surface area contributed by atoms with Gasteiger partial charge in [-0.1, -0.05) is 17.7 Å². The lowest BCUT2D eigenvalue weighted by atomic mass is 10.1. The molecule has 0 radical (unpaired) electrons. The van der Waals surface area contributed by atoms with Crippen LogP contribution in [0.25, 0.3) is 0 Å². The van der Waals surface area contributed by atoms with E-state index in [-0.39, 0.29) is 5.82 Å². The third-order valence-corrected chi connectivity index (χ3v) is 2.86. The van der Waals surface area contributed by atoms with Crippen molar-refractivity contribution in [1.29, 1.82) is 0 Å². The van der Waals surface area contributed by atoms with Crippen LogP contribution in [0.1, 0.15) is 11.1 Å². The van der Waals surface area contributed by atoms with Crippen molar-refractivity contribution in [3.8, 4) is 0 Å². The predicted octanol–water partition coefficient (Wildman–Crippen LogP) is 1.60. The molecular weight excluding hydrogens is 213 g/mol. The van der Waals surface area contributed by atoms with Crippen molar-refractivity contribution in [3.05, 3.63) is 35.1 Å². The maximum Gasteiger partial charge on any atom is 0.127 e. The summed E-state index contributed by atoms with van der Waals surface area (Å²) in [5.41, 5.74) is 1.71. The lowest BCUT2D eigenvalue weighted by molar-refractivity contribution is 0.592. The molecular formula is C11H16FNOS. The van der Waals surface area contributed by atoms with Gasteiger partial charge in [-0.05, 0) is 13.0 Å². The van der Waals surface area contributed by atoms with Crippen LogP contribution in [0.3, 0.4) is 0 Å². The quantitative estimate of drug-likeness (QED) is 0.777. The molecule has 0 bridgehead atoms. The topological polar surface area (TPSA) is 29.1 Å². The van der Waals surface area contributed by atoms with Gasteiger partial charge in [0.25, 0.3) is 0 Å². The number of benzene rings is 1. The first kappa shape index (κ1) is 12.3. The van der Waals surface area contributed by atoms with Crippen molar-refractivity contribution in [1.82, 2.24) is 5.32 Å². The Kier molecular flexibility index (Phi) is 4.91. The number of hydrogen-bond acceptors (Lipinski definition) is 2. The smallest absolute Gasteiger partial charge is 0.127 e. The van der Waals surface area contributed by atoms with Gasteiger partial charge in [-0.15, -0.1) is 0 Å². The minimum absolute atomic E-state index is 0.189. The third kappa shape index (κ3) is 4.53. The van der Waals surface area contributed by atoms with Crippen molar-refractivity contribution in [3.63, 3.8) is 0 Å². The number of nitrogens with one attached hydrogen (secondary N) is 1. The Labute approximate surface area is 92.3 Å². The summed E-state index contributed by atoms with van der Waals surface area (Å²) < 4.78 is 24.0. The van der Waals surface area contributed by atoms with E-state index in [9.17, 15) is 8.60 Å². The van der Waals surface area contributed by atoms with Crippen molar-refractivity contribution in [2.45, 2.75) is 13.5 Å². The first-order valence-corrected chi connectivity index (χ1v) is 6.58. The van der Waals surface area contributed by atoms with E-state index in [2.05, 4.69) is 5.32 Å². The predicted molar refractivity (Wildman–Crippen MR) is 61.8 cm³/mol. The zero-order chi connectivity index (χ0) is 11.3. The van der Waals surface area contributed by atoms with E-state index >= 15 is 0 Å². The fourth-order valence-corrected chi connectivity index (χ4v) is 1.71. The lowest BCUT2D eigenvalue weighted by Gasteiger charge is -2.06. The molecule has 0 saturated heterocycles. The maximum absolute atomic E-state index is 13.3.